The molecule has 3 aromatic rings. The summed E-state index contributed by atoms with van der Waals surface area (Å²) in [6, 6.07) is 13.9. The lowest BCUT2D eigenvalue weighted by Crippen LogP contribution is -2.49. The van der Waals surface area contributed by atoms with Gasteiger partial charge in [0.15, 0.2) is 19.8 Å². The molecule has 10 heteroatoms. The number of carbonyl (C=O) groups excluding carboxylic acids is 1. The van der Waals surface area contributed by atoms with E-state index in [-0.39, 0.29) is 40.4 Å². The molecule has 0 spiro atoms. The van der Waals surface area contributed by atoms with Crippen molar-refractivity contribution in [3.05, 3.63) is 92.2 Å². The zero-order valence-corrected chi connectivity index (χ0v) is 26.3. The SMILES string of the molecule is COc1cc(C(=O)N2CCC(c3ccsc3)=CC2CO[Si](C)(C)C(C)(C)C)c([N+](=O)[O-])cc1OCc1ccccc1. The second-order valence-electron chi connectivity index (χ2n) is 11.6. The number of hydrogen-bond donors (Lipinski definition) is 0. The van der Waals surface area contributed by atoms with Gasteiger partial charge < -0.3 is 18.8 Å². The lowest BCUT2D eigenvalue weighted by Gasteiger charge is -2.40. The number of hydrogen-bond acceptors (Lipinski definition) is 7. The number of ether oxygens (including phenoxy) is 2. The monoisotopic (exact) mass is 594 g/mol. The minimum Gasteiger partial charge on any atom is -0.493 e. The molecular formula is C31H38N2O6SSi. The highest BCUT2D eigenvalue weighted by Crippen LogP contribution is 2.39. The zero-order chi connectivity index (χ0) is 29.8. The fourth-order valence-electron chi connectivity index (χ4n) is 4.43. The van der Waals surface area contributed by atoms with Gasteiger partial charge >= 0.3 is 0 Å². The molecule has 0 fully saturated rings. The lowest BCUT2D eigenvalue weighted by molar-refractivity contribution is -0.385. The Morgan fingerprint density at radius 2 is 1.88 bits per heavy atom. The third-order valence-electron chi connectivity index (χ3n) is 7.94. The van der Waals surface area contributed by atoms with Gasteiger partial charge in [0.05, 0.1) is 30.7 Å². The van der Waals surface area contributed by atoms with Crippen LogP contribution in [0.3, 0.4) is 0 Å². The van der Waals surface area contributed by atoms with Crippen molar-refractivity contribution in [3.63, 3.8) is 0 Å². The maximum atomic E-state index is 14.1. The van der Waals surface area contributed by atoms with Gasteiger partial charge in [0.2, 0.25) is 0 Å². The third kappa shape index (κ3) is 7.06. The van der Waals surface area contributed by atoms with Crippen molar-refractivity contribution in [1.29, 1.82) is 0 Å². The second-order valence-corrected chi connectivity index (χ2v) is 17.2. The van der Waals surface area contributed by atoms with Gasteiger partial charge in [0, 0.05) is 12.6 Å². The highest BCUT2D eigenvalue weighted by Gasteiger charge is 2.39. The summed E-state index contributed by atoms with van der Waals surface area (Å²) < 4.78 is 18.0. The Hall–Kier alpha value is -3.47. The minimum atomic E-state index is -2.12. The van der Waals surface area contributed by atoms with Gasteiger partial charge in [0.1, 0.15) is 12.2 Å². The van der Waals surface area contributed by atoms with Gasteiger partial charge in [0.25, 0.3) is 11.6 Å². The number of rotatable bonds is 10. The molecule has 0 saturated carbocycles. The molecule has 4 rings (SSSR count). The summed E-state index contributed by atoms with van der Waals surface area (Å²) in [5.74, 6) is 0.0280. The first-order chi connectivity index (χ1) is 19.4. The highest BCUT2D eigenvalue weighted by atomic mass is 32.1. The van der Waals surface area contributed by atoms with Crippen LogP contribution in [0.2, 0.25) is 18.1 Å². The molecule has 1 atom stereocenters. The second kappa shape index (κ2) is 12.6. The Morgan fingerprint density at radius 1 is 1.15 bits per heavy atom. The maximum absolute atomic E-state index is 14.1. The molecule has 1 aliphatic heterocycles. The molecule has 1 aromatic heterocycles. The quantitative estimate of drug-likeness (QED) is 0.137. The van der Waals surface area contributed by atoms with Crippen LogP contribution in [-0.4, -0.2) is 50.4 Å². The molecule has 2 heterocycles. The van der Waals surface area contributed by atoms with E-state index in [1.54, 1.807) is 16.2 Å². The summed E-state index contributed by atoms with van der Waals surface area (Å²) in [7, 11) is -0.663. The number of amides is 1. The number of carbonyl (C=O) groups is 1. The summed E-state index contributed by atoms with van der Waals surface area (Å²) in [6.45, 7) is 11.8. The van der Waals surface area contributed by atoms with E-state index in [0.29, 0.717) is 19.6 Å². The topological polar surface area (TPSA) is 91.1 Å². The lowest BCUT2D eigenvalue weighted by atomic mass is 9.97. The fraction of sp³-hybridized carbons (Fsp3) is 0.387. The molecule has 8 nitrogen and oxygen atoms in total. The highest BCUT2D eigenvalue weighted by molar-refractivity contribution is 7.08. The molecule has 218 valence electrons. The first-order valence-electron chi connectivity index (χ1n) is 13.6. The van der Waals surface area contributed by atoms with Crippen LogP contribution in [-0.2, 0) is 11.0 Å². The average Bonchev–Trinajstić information content (AvgIpc) is 3.49. The fourth-order valence-corrected chi connectivity index (χ4v) is 6.14. The van der Waals surface area contributed by atoms with Gasteiger partial charge in [-0.1, -0.05) is 57.2 Å². The van der Waals surface area contributed by atoms with Crippen LogP contribution >= 0.6 is 11.3 Å². The van der Waals surface area contributed by atoms with E-state index in [1.165, 1.54) is 19.2 Å². The smallest absolute Gasteiger partial charge is 0.286 e. The number of nitro groups is 1. The first-order valence-corrected chi connectivity index (χ1v) is 17.5. The van der Waals surface area contributed by atoms with Gasteiger partial charge in [-0.15, -0.1) is 0 Å². The van der Waals surface area contributed by atoms with Gasteiger partial charge in [-0.25, -0.2) is 0 Å². The number of thiophene rings is 1. The van der Waals surface area contributed by atoms with E-state index >= 15 is 0 Å². The van der Waals surface area contributed by atoms with E-state index in [0.717, 1.165) is 16.7 Å². The molecule has 0 N–H and O–H groups in total. The van der Waals surface area contributed by atoms with Gasteiger partial charge in [-0.3, -0.25) is 14.9 Å². The Bertz CT molecular complexity index is 1400. The van der Waals surface area contributed by atoms with Crippen LogP contribution in [0.1, 0.15) is 48.7 Å². The van der Waals surface area contributed by atoms with Crippen LogP contribution in [0.15, 0.2) is 65.4 Å². The van der Waals surface area contributed by atoms with E-state index in [1.807, 2.05) is 35.7 Å². The first kappa shape index (κ1) is 30.5. The molecule has 1 aliphatic rings. The van der Waals surface area contributed by atoms with Crippen LogP contribution < -0.4 is 9.47 Å². The predicted octanol–water partition coefficient (Wildman–Crippen LogP) is 7.56. The minimum absolute atomic E-state index is 0.00184. The predicted molar refractivity (Wildman–Crippen MR) is 165 cm³/mol. The number of benzene rings is 2. The average molecular weight is 595 g/mol. The summed E-state index contributed by atoms with van der Waals surface area (Å²) >= 11 is 1.63. The molecular weight excluding hydrogens is 557 g/mol. The molecule has 1 amide bonds. The van der Waals surface area contributed by atoms with Gasteiger partial charge in [-0.2, -0.15) is 11.3 Å². The molecule has 41 heavy (non-hydrogen) atoms. The molecule has 0 bridgehead atoms. The van der Waals surface area contributed by atoms with Crippen molar-refractivity contribution in [1.82, 2.24) is 4.90 Å². The molecule has 1 unspecified atom stereocenters. The van der Waals surface area contributed by atoms with Crippen LogP contribution in [0, 0.1) is 10.1 Å². The standard InChI is InChI=1S/C31H38N2O6SSi/c1-31(2,3)41(5,6)39-20-25-16-23(24-13-15-40-21-24)12-14-32(25)30(34)26-17-28(37-4)29(18-27(26)33(35)36)38-19-22-10-8-7-9-11-22/h7-11,13,15-18,21,25H,12,14,19-20H2,1-6H3. The summed E-state index contributed by atoms with van der Waals surface area (Å²) in [4.78, 5) is 27.4. The van der Waals surface area contributed by atoms with E-state index in [9.17, 15) is 14.9 Å². The summed E-state index contributed by atoms with van der Waals surface area (Å²) in [6.07, 6.45) is 2.72. The van der Waals surface area contributed by atoms with E-state index in [4.69, 9.17) is 13.9 Å². The number of methoxy groups -OCH3 is 1. The molecule has 0 saturated heterocycles. The maximum Gasteiger partial charge on any atom is 0.286 e. The van der Waals surface area contributed by atoms with Crippen molar-refractivity contribution < 1.29 is 23.6 Å². The largest absolute Gasteiger partial charge is 0.493 e. The van der Waals surface area contributed by atoms with E-state index < -0.39 is 19.1 Å². The molecule has 2 aromatic carbocycles. The van der Waals surface area contributed by atoms with Crippen molar-refractivity contribution in [2.75, 3.05) is 20.3 Å². The van der Waals surface area contributed by atoms with Crippen molar-refractivity contribution >= 4 is 36.8 Å². The Labute approximate surface area is 246 Å². The Morgan fingerprint density at radius 3 is 2.49 bits per heavy atom. The Balaban J connectivity index is 1.67. The summed E-state index contributed by atoms with van der Waals surface area (Å²) in [5, 5.41) is 16.3. The van der Waals surface area contributed by atoms with Crippen LogP contribution in [0.25, 0.3) is 5.57 Å². The van der Waals surface area contributed by atoms with Crippen LogP contribution in [0.4, 0.5) is 5.69 Å². The van der Waals surface area contributed by atoms with E-state index in [2.05, 4.69) is 51.4 Å². The number of nitro benzene ring substituents is 1. The van der Waals surface area contributed by atoms with Crippen molar-refractivity contribution in [3.8, 4) is 11.5 Å². The normalized spacial score (nSPS) is 15.8. The van der Waals surface area contributed by atoms with Crippen molar-refractivity contribution in [2.45, 2.75) is 58.0 Å². The van der Waals surface area contributed by atoms with Crippen LogP contribution in [0.5, 0.6) is 11.5 Å². The van der Waals surface area contributed by atoms with Crippen molar-refractivity contribution in [2.24, 2.45) is 0 Å². The third-order valence-corrected chi connectivity index (χ3v) is 13.1. The zero-order valence-electron chi connectivity index (χ0n) is 24.5. The number of nitrogens with zero attached hydrogens (tertiary/aromatic N) is 2. The molecule has 0 aliphatic carbocycles. The van der Waals surface area contributed by atoms with Gasteiger partial charge in [-0.05, 0) is 58.1 Å². The molecule has 0 radical (unpaired) electrons. The summed E-state index contributed by atoms with van der Waals surface area (Å²) in [5.41, 5.74) is 2.82. The Kier molecular flexibility index (Phi) is 9.36.